The van der Waals surface area contributed by atoms with Crippen LogP contribution in [0, 0.1) is 6.92 Å². The Bertz CT molecular complexity index is 775. The molecule has 0 bridgehead atoms. The average Bonchev–Trinajstić information content (AvgIpc) is 2.78. The summed E-state index contributed by atoms with van der Waals surface area (Å²) in [5, 5.41) is 0. The summed E-state index contributed by atoms with van der Waals surface area (Å²) in [5.74, 6) is -1.16. The van der Waals surface area contributed by atoms with Crippen LogP contribution in [0.2, 0.25) is 0 Å². The van der Waals surface area contributed by atoms with Crippen molar-refractivity contribution in [1.29, 1.82) is 0 Å². The second-order valence-corrected chi connectivity index (χ2v) is 4.98. The minimum absolute atomic E-state index is 0.356. The Morgan fingerprint density at radius 2 is 1.59 bits per heavy atom. The number of imide groups is 1. The molecule has 0 atom stereocenters. The lowest BCUT2D eigenvalue weighted by molar-refractivity contribution is 0.0599. The first-order valence-electron chi connectivity index (χ1n) is 6.71. The molecule has 5 nitrogen and oxygen atoms in total. The molecule has 2 amide bonds. The summed E-state index contributed by atoms with van der Waals surface area (Å²) < 4.78 is 4.69. The fourth-order valence-corrected chi connectivity index (χ4v) is 2.55. The number of benzene rings is 2. The molecule has 0 aliphatic carbocycles. The van der Waals surface area contributed by atoms with Gasteiger partial charge in [-0.1, -0.05) is 12.1 Å². The van der Waals surface area contributed by atoms with Crippen molar-refractivity contribution >= 4 is 23.5 Å². The first-order chi connectivity index (χ1) is 10.5. The van der Waals surface area contributed by atoms with Gasteiger partial charge in [-0.05, 0) is 42.8 Å². The SMILES string of the molecule is COC(=O)c1ccc(N2C(=O)c3ccccc3C2=O)cc1C. The van der Waals surface area contributed by atoms with Gasteiger partial charge in [-0.3, -0.25) is 9.59 Å². The Labute approximate surface area is 127 Å². The first kappa shape index (κ1) is 14.0. The standard InChI is InChI=1S/C17H13NO4/c1-10-9-11(7-8-12(10)17(21)22-2)18-15(19)13-5-3-4-6-14(13)16(18)20/h3-9H,1-2H3. The van der Waals surface area contributed by atoms with E-state index in [1.54, 1.807) is 49.4 Å². The van der Waals surface area contributed by atoms with Gasteiger partial charge in [0.05, 0.1) is 29.5 Å². The van der Waals surface area contributed by atoms with Crippen LogP contribution < -0.4 is 4.90 Å². The quantitative estimate of drug-likeness (QED) is 0.631. The van der Waals surface area contributed by atoms with Crippen LogP contribution in [0.25, 0.3) is 0 Å². The Hall–Kier alpha value is -2.95. The first-order valence-corrected chi connectivity index (χ1v) is 6.71. The number of carbonyl (C=O) groups excluding carboxylic acids is 3. The highest BCUT2D eigenvalue weighted by molar-refractivity contribution is 6.34. The third kappa shape index (κ3) is 1.98. The molecule has 1 aliphatic heterocycles. The van der Waals surface area contributed by atoms with E-state index in [4.69, 9.17) is 0 Å². The number of anilines is 1. The molecule has 0 saturated heterocycles. The van der Waals surface area contributed by atoms with E-state index in [1.807, 2.05) is 0 Å². The van der Waals surface area contributed by atoms with E-state index in [9.17, 15) is 14.4 Å². The minimum Gasteiger partial charge on any atom is -0.465 e. The molecule has 3 rings (SSSR count). The van der Waals surface area contributed by atoms with Crippen LogP contribution in [-0.2, 0) is 4.74 Å². The maximum absolute atomic E-state index is 12.4. The van der Waals surface area contributed by atoms with Gasteiger partial charge in [0.1, 0.15) is 0 Å². The number of fused-ring (bicyclic) bond motifs is 1. The molecule has 0 radical (unpaired) electrons. The highest BCUT2D eigenvalue weighted by Crippen LogP contribution is 2.29. The number of aryl methyl sites for hydroxylation is 1. The van der Waals surface area contributed by atoms with Gasteiger partial charge < -0.3 is 4.74 Å². The van der Waals surface area contributed by atoms with Gasteiger partial charge in [-0.2, -0.15) is 0 Å². The second-order valence-electron chi connectivity index (χ2n) is 4.98. The van der Waals surface area contributed by atoms with E-state index in [0.29, 0.717) is 27.9 Å². The lowest BCUT2D eigenvalue weighted by atomic mass is 10.1. The fourth-order valence-electron chi connectivity index (χ4n) is 2.55. The van der Waals surface area contributed by atoms with Crippen molar-refractivity contribution in [2.24, 2.45) is 0 Å². The molecular weight excluding hydrogens is 282 g/mol. The van der Waals surface area contributed by atoms with Gasteiger partial charge >= 0.3 is 5.97 Å². The molecule has 0 fully saturated rings. The largest absolute Gasteiger partial charge is 0.465 e. The van der Waals surface area contributed by atoms with Gasteiger partial charge in [0, 0.05) is 0 Å². The minimum atomic E-state index is -0.452. The van der Waals surface area contributed by atoms with E-state index < -0.39 is 5.97 Å². The van der Waals surface area contributed by atoms with Crippen molar-refractivity contribution in [3.05, 3.63) is 64.7 Å². The molecule has 0 saturated carbocycles. The van der Waals surface area contributed by atoms with Crippen molar-refractivity contribution in [1.82, 2.24) is 0 Å². The summed E-state index contributed by atoms with van der Waals surface area (Å²) in [6, 6.07) is 11.5. The number of methoxy groups -OCH3 is 1. The van der Waals surface area contributed by atoms with Gasteiger partial charge in [-0.25, -0.2) is 9.69 Å². The van der Waals surface area contributed by atoms with Crippen molar-refractivity contribution in [2.75, 3.05) is 12.0 Å². The van der Waals surface area contributed by atoms with Crippen LogP contribution >= 0.6 is 0 Å². The van der Waals surface area contributed by atoms with Crippen LogP contribution in [0.15, 0.2) is 42.5 Å². The van der Waals surface area contributed by atoms with Crippen LogP contribution in [0.5, 0.6) is 0 Å². The van der Waals surface area contributed by atoms with Gasteiger partial charge in [0.25, 0.3) is 11.8 Å². The number of hydrogen-bond donors (Lipinski definition) is 0. The van der Waals surface area contributed by atoms with Crippen LogP contribution in [0.1, 0.15) is 36.6 Å². The predicted octanol–water partition coefficient (Wildman–Crippen LogP) is 2.58. The number of carbonyl (C=O) groups is 3. The number of amides is 2. The maximum atomic E-state index is 12.4. The van der Waals surface area contributed by atoms with Crippen molar-refractivity contribution < 1.29 is 19.1 Å². The number of hydrogen-bond acceptors (Lipinski definition) is 4. The van der Waals surface area contributed by atoms with Crippen molar-refractivity contribution in [3.8, 4) is 0 Å². The molecule has 0 spiro atoms. The summed E-state index contributed by atoms with van der Waals surface area (Å²) in [6.45, 7) is 1.73. The summed E-state index contributed by atoms with van der Waals surface area (Å²) >= 11 is 0. The van der Waals surface area contributed by atoms with E-state index in [0.717, 1.165) is 4.90 Å². The summed E-state index contributed by atoms with van der Waals surface area (Å²) in [6.07, 6.45) is 0. The lowest BCUT2D eigenvalue weighted by Crippen LogP contribution is -2.29. The summed E-state index contributed by atoms with van der Waals surface area (Å²) in [4.78, 5) is 37.5. The lowest BCUT2D eigenvalue weighted by Gasteiger charge is -2.15. The van der Waals surface area contributed by atoms with Gasteiger partial charge in [0.15, 0.2) is 0 Å². The predicted molar refractivity (Wildman–Crippen MR) is 80.1 cm³/mol. The molecule has 1 heterocycles. The molecule has 0 unspecified atom stereocenters. The van der Waals surface area contributed by atoms with Gasteiger partial charge in [0.2, 0.25) is 0 Å². The molecule has 5 heteroatoms. The molecule has 110 valence electrons. The number of nitrogens with zero attached hydrogens (tertiary/aromatic N) is 1. The third-order valence-electron chi connectivity index (χ3n) is 3.67. The Kier molecular flexibility index (Phi) is 3.25. The highest BCUT2D eigenvalue weighted by atomic mass is 16.5. The zero-order chi connectivity index (χ0) is 15.9. The molecule has 2 aromatic carbocycles. The van der Waals surface area contributed by atoms with Crippen LogP contribution in [-0.4, -0.2) is 24.9 Å². The zero-order valence-electron chi connectivity index (χ0n) is 12.1. The molecule has 2 aromatic rings. The Morgan fingerprint density at radius 3 is 2.09 bits per heavy atom. The summed E-state index contributed by atoms with van der Waals surface area (Å²) in [7, 11) is 1.31. The Balaban J connectivity index is 2.03. The number of rotatable bonds is 2. The maximum Gasteiger partial charge on any atom is 0.338 e. The molecule has 0 aromatic heterocycles. The van der Waals surface area contributed by atoms with E-state index in [2.05, 4.69) is 4.74 Å². The van der Waals surface area contributed by atoms with Crippen LogP contribution in [0.4, 0.5) is 5.69 Å². The smallest absolute Gasteiger partial charge is 0.338 e. The normalized spacial score (nSPS) is 13.3. The second kappa shape index (κ2) is 5.11. The number of ether oxygens (including phenoxy) is 1. The summed E-state index contributed by atoms with van der Waals surface area (Å²) in [5.41, 5.74) is 2.27. The van der Waals surface area contributed by atoms with Crippen LogP contribution in [0.3, 0.4) is 0 Å². The monoisotopic (exact) mass is 295 g/mol. The highest BCUT2D eigenvalue weighted by Gasteiger charge is 2.36. The van der Waals surface area contributed by atoms with Crippen molar-refractivity contribution in [2.45, 2.75) is 6.92 Å². The van der Waals surface area contributed by atoms with E-state index >= 15 is 0 Å². The third-order valence-corrected chi connectivity index (χ3v) is 3.67. The molecular formula is C17H13NO4. The topological polar surface area (TPSA) is 63.7 Å². The van der Waals surface area contributed by atoms with E-state index in [-0.39, 0.29) is 11.8 Å². The number of esters is 1. The van der Waals surface area contributed by atoms with Crippen molar-refractivity contribution in [3.63, 3.8) is 0 Å². The average molecular weight is 295 g/mol. The Morgan fingerprint density at radius 1 is 1.00 bits per heavy atom. The zero-order valence-corrected chi connectivity index (χ0v) is 12.1. The fraction of sp³-hybridized carbons (Fsp3) is 0.118. The molecule has 1 aliphatic rings. The van der Waals surface area contributed by atoms with Gasteiger partial charge in [-0.15, -0.1) is 0 Å². The molecule has 0 N–H and O–H groups in total. The van der Waals surface area contributed by atoms with E-state index in [1.165, 1.54) is 7.11 Å². The molecule has 22 heavy (non-hydrogen) atoms.